The molecule has 0 bridgehead atoms. The maximum atomic E-state index is 13.8. The van der Waals surface area contributed by atoms with Gasteiger partial charge in [-0.25, -0.2) is 4.57 Å². The molecule has 0 aromatic heterocycles. The summed E-state index contributed by atoms with van der Waals surface area (Å²) in [7, 11) is -9.65. The average Bonchev–Trinajstić information content (AvgIpc) is 2.95. The maximum absolute atomic E-state index is 13.8. The zero-order valence-electron chi connectivity index (χ0n) is 24.1. The first-order chi connectivity index (χ1) is 19.5. The van der Waals surface area contributed by atoms with Crippen LogP contribution in [0.2, 0.25) is 0 Å². The molecule has 11 nitrogen and oxygen atoms in total. The molecule has 3 rings (SSSR count). The van der Waals surface area contributed by atoms with Gasteiger partial charge in [-0.3, -0.25) is 19.1 Å². The van der Waals surface area contributed by atoms with Crippen LogP contribution in [0.1, 0.15) is 69.3 Å². The molecule has 2 aromatic rings. The monoisotopic (exact) mass is 620 g/mol. The predicted octanol–water partition coefficient (Wildman–Crippen LogP) is 6.66. The first kappa shape index (κ1) is 33.3. The summed E-state index contributed by atoms with van der Waals surface area (Å²) in [5.41, 5.74) is 3.75. The van der Waals surface area contributed by atoms with Crippen molar-refractivity contribution in [2.45, 2.75) is 59.5 Å². The minimum atomic E-state index is -5.02. The van der Waals surface area contributed by atoms with Crippen molar-refractivity contribution in [3.8, 4) is 11.5 Å². The molecule has 2 aromatic carbocycles. The molecule has 0 saturated carbocycles. The molecule has 1 amide bonds. The third kappa shape index (κ3) is 9.70. The van der Waals surface area contributed by atoms with Crippen molar-refractivity contribution in [2.75, 3.05) is 16.8 Å². The molecule has 0 spiro atoms. The number of anilines is 3. The predicted molar refractivity (Wildman–Crippen MR) is 163 cm³/mol. The first-order valence-corrected chi connectivity index (χ1v) is 16.7. The number of phosphoric acid groups is 1. The number of aromatic hydroxyl groups is 1. The lowest BCUT2D eigenvalue weighted by Gasteiger charge is -2.24. The Labute approximate surface area is 245 Å². The number of phenolic OH excluding ortho intramolecular Hbond substituents is 1. The quantitative estimate of drug-likeness (QED) is 0.0854. The van der Waals surface area contributed by atoms with E-state index >= 15 is 0 Å². The van der Waals surface area contributed by atoms with E-state index in [1.165, 1.54) is 46.4 Å². The van der Waals surface area contributed by atoms with Crippen LogP contribution in [0.25, 0.3) is 0 Å². The second-order valence-electron chi connectivity index (χ2n) is 10.6. The number of hydrogen-bond acceptors (Lipinski definition) is 6. The van der Waals surface area contributed by atoms with E-state index in [0.717, 1.165) is 31.3 Å². The number of benzene rings is 2. The van der Waals surface area contributed by atoms with Gasteiger partial charge in [0, 0.05) is 12.6 Å². The fourth-order valence-corrected chi connectivity index (χ4v) is 5.66. The lowest BCUT2D eigenvalue weighted by molar-refractivity contribution is 0.0990. The van der Waals surface area contributed by atoms with Gasteiger partial charge in [0.1, 0.15) is 5.75 Å². The number of phenols is 1. The van der Waals surface area contributed by atoms with E-state index in [9.17, 15) is 38.6 Å². The maximum Gasteiger partial charge on any atom is 0.524 e. The number of carbonyl (C=O) groups is 1. The zero-order chi connectivity index (χ0) is 31.2. The minimum Gasteiger partial charge on any atom is -0.508 e. The Hall–Kier alpha value is -3.17. The lowest BCUT2D eigenvalue weighted by Crippen LogP contribution is -2.30. The number of para-hydroxylation sites is 1. The van der Waals surface area contributed by atoms with E-state index in [4.69, 9.17) is 4.52 Å². The summed E-state index contributed by atoms with van der Waals surface area (Å²) in [5, 5.41) is 13.4. The highest BCUT2D eigenvalue weighted by Crippen LogP contribution is 2.50. The van der Waals surface area contributed by atoms with Crippen molar-refractivity contribution in [3.05, 3.63) is 76.4 Å². The largest absolute Gasteiger partial charge is 0.524 e. The SMILES string of the molecule is CC(C)=CCCC(C)=CCCC(C)=CCN1C(=O)c2cccc(OP(=O)(O)O)c2Nc2c(CP(=O)(O)O)cc(O)cc21. The van der Waals surface area contributed by atoms with Gasteiger partial charge >= 0.3 is 15.4 Å². The second kappa shape index (κ2) is 13.9. The van der Waals surface area contributed by atoms with Crippen molar-refractivity contribution in [2.24, 2.45) is 0 Å². The van der Waals surface area contributed by atoms with Crippen molar-refractivity contribution < 1.29 is 43.1 Å². The summed E-state index contributed by atoms with van der Waals surface area (Å²) in [6, 6.07) is 6.56. The molecule has 0 unspecified atom stereocenters. The highest BCUT2D eigenvalue weighted by atomic mass is 31.2. The van der Waals surface area contributed by atoms with E-state index in [-0.39, 0.29) is 46.2 Å². The summed E-state index contributed by atoms with van der Waals surface area (Å²) < 4.78 is 28.4. The Bertz CT molecular complexity index is 1520. The van der Waals surface area contributed by atoms with Crippen LogP contribution >= 0.6 is 15.4 Å². The number of allylic oxidation sites excluding steroid dienone is 5. The van der Waals surface area contributed by atoms with E-state index in [2.05, 4.69) is 38.2 Å². The third-order valence-corrected chi connectivity index (χ3v) is 7.75. The lowest BCUT2D eigenvalue weighted by atomic mass is 10.1. The van der Waals surface area contributed by atoms with Crippen LogP contribution in [0.3, 0.4) is 0 Å². The van der Waals surface area contributed by atoms with Gasteiger partial charge in [-0.1, -0.05) is 41.0 Å². The topological polar surface area (TPSA) is 177 Å². The molecule has 1 heterocycles. The zero-order valence-corrected chi connectivity index (χ0v) is 25.9. The van der Waals surface area contributed by atoms with Crippen LogP contribution in [0.4, 0.5) is 17.1 Å². The number of carbonyl (C=O) groups excluding carboxylic acids is 1. The third-order valence-electron chi connectivity index (χ3n) is 6.57. The Kier molecular flexibility index (Phi) is 11.0. The fourth-order valence-electron chi connectivity index (χ4n) is 4.56. The molecule has 0 saturated heterocycles. The molecule has 42 heavy (non-hydrogen) atoms. The van der Waals surface area contributed by atoms with Gasteiger partial charge in [0.2, 0.25) is 0 Å². The molecule has 6 N–H and O–H groups in total. The van der Waals surface area contributed by atoms with Gasteiger partial charge in [0.25, 0.3) is 5.91 Å². The van der Waals surface area contributed by atoms with Crippen LogP contribution in [-0.2, 0) is 15.3 Å². The van der Waals surface area contributed by atoms with Crippen LogP contribution < -0.4 is 14.7 Å². The normalized spacial score (nSPS) is 14.1. The summed E-state index contributed by atoms with van der Waals surface area (Å²) in [4.78, 5) is 53.4. The fraction of sp³-hybridized carbons (Fsp3) is 0.345. The Balaban J connectivity index is 1.99. The van der Waals surface area contributed by atoms with Crippen molar-refractivity contribution >= 4 is 38.4 Å². The van der Waals surface area contributed by atoms with Crippen molar-refractivity contribution in [1.29, 1.82) is 0 Å². The number of amides is 1. The van der Waals surface area contributed by atoms with Crippen molar-refractivity contribution in [3.63, 3.8) is 0 Å². The van der Waals surface area contributed by atoms with Crippen LogP contribution in [-0.4, -0.2) is 37.1 Å². The summed E-state index contributed by atoms with van der Waals surface area (Å²) in [6.45, 7) is 8.25. The molecule has 0 fully saturated rings. The molecule has 1 aliphatic heterocycles. The highest BCUT2D eigenvalue weighted by Gasteiger charge is 2.32. The summed E-state index contributed by atoms with van der Waals surface area (Å²) in [5.74, 6) is -1.21. The molecule has 0 radical (unpaired) electrons. The number of nitrogens with zero attached hydrogens (tertiary/aromatic N) is 1. The molecule has 13 heteroatoms. The molecule has 0 atom stereocenters. The van der Waals surface area contributed by atoms with Crippen molar-refractivity contribution in [1.82, 2.24) is 0 Å². The number of nitrogens with one attached hydrogen (secondary N) is 1. The standard InChI is InChI=1S/C29H38N2O9P2/c1-19(2)8-5-9-20(3)10-6-11-21(4)14-15-31-25-17-23(32)16-22(18-41(34,35)36)27(25)30-28-24(29(31)33)12-7-13-26(28)40-42(37,38)39/h7-8,10,12-14,16-17,30,32H,5-6,9,11,15,18H2,1-4H3,(H2,34,35,36)(H2,37,38,39). The van der Waals surface area contributed by atoms with Gasteiger partial charge in [-0.05, 0) is 77.1 Å². The Morgan fingerprint density at radius 2 is 1.57 bits per heavy atom. The molecule has 228 valence electrons. The van der Waals surface area contributed by atoms with E-state index < -0.39 is 27.5 Å². The first-order valence-electron chi connectivity index (χ1n) is 13.4. The van der Waals surface area contributed by atoms with Gasteiger partial charge in [-0.15, -0.1) is 0 Å². The number of hydrogen-bond donors (Lipinski definition) is 6. The molecule has 1 aliphatic rings. The van der Waals surface area contributed by atoms with E-state index in [0.29, 0.717) is 0 Å². The summed E-state index contributed by atoms with van der Waals surface area (Å²) >= 11 is 0. The Morgan fingerprint density at radius 1 is 0.929 bits per heavy atom. The van der Waals surface area contributed by atoms with Crippen LogP contribution in [0.15, 0.2) is 65.3 Å². The molecular formula is C29H38N2O9P2. The van der Waals surface area contributed by atoms with E-state index in [1.54, 1.807) is 0 Å². The van der Waals surface area contributed by atoms with E-state index in [1.807, 2.05) is 13.0 Å². The molecular weight excluding hydrogens is 582 g/mol. The smallest absolute Gasteiger partial charge is 0.508 e. The van der Waals surface area contributed by atoms with Crippen LogP contribution in [0, 0.1) is 0 Å². The number of rotatable bonds is 12. The average molecular weight is 621 g/mol. The number of fused-ring (bicyclic) bond motifs is 2. The van der Waals surface area contributed by atoms with Gasteiger partial charge in [0.15, 0.2) is 5.75 Å². The molecule has 0 aliphatic carbocycles. The Morgan fingerprint density at radius 3 is 2.19 bits per heavy atom. The second-order valence-corrected chi connectivity index (χ2v) is 13.4. The highest BCUT2D eigenvalue weighted by molar-refractivity contribution is 7.50. The van der Waals surface area contributed by atoms with Gasteiger partial charge in [0.05, 0.1) is 28.8 Å². The minimum absolute atomic E-state index is 0.00407. The van der Waals surface area contributed by atoms with Crippen LogP contribution in [0.5, 0.6) is 11.5 Å². The van der Waals surface area contributed by atoms with Gasteiger partial charge < -0.3 is 29.6 Å². The van der Waals surface area contributed by atoms with Gasteiger partial charge in [-0.2, -0.15) is 0 Å². The number of phosphoric ester groups is 1. The summed E-state index contributed by atoms with van der Waals surface area (Å²) in [6.07, 6.45) is 9.03.